The highest BCUT2D eigenvalue weighted by Crippen LogP contribution is 2.56. The SMILES string of the molecule is FC(F)(F)N1C(F)(F)OC(F)(F)C1(F)F. The van der Waals surface area contributed by atoms with Gasteiger partial charge in [0.05, 0.1) is 0 Å². The van der Waals surface area contributed by atoms with Crippen molar-refractivity contribution in [3.63, 3.8) is 0 Å². The highest BCUT2D eigenvalue weighted by atomic mass is 19.4. The van der Waals surface area contributed by atoms with Crippen LogP contribution in [0.4, 0.5) is 39.5 Å². The Morgan fingerprint density at radius 2 is 1.27 bits per heavy atom. The molecule has 1 aliphatic rings. The molecule has 0 aromatic carbocycles. The Morgan fingerprint density at radius 3 is 1.40 bits per heavy atom. The first-order valence-corrected chi connectivity index (χ1v) is 3.03. The molecule has 11 heteroatoms. The van der Waals surface area contributed by atoms with Gasteiger partial charge in [0.1, 0.15) is 0 Å². The maximum absolute atomic E-state index is 12.2. The van der Waals surface area contributed by atoms with E-state index in [1.807, 2.05) is 0 Å². The third kappa shape index (κ3) is 1.62. The summed E-state index contributed by atoms with van der Waals surface area (Å²) in [5, 5.41) is 0. The van der Waals surface area contributed by atoms with Crippen molar-refractivity contribution < 1.29 is 44.3 Å². The minimum atomic E-state index is -6.37. The van der Waals surface area contributed by atoms with Gasteiger partial charge in [0.2, 0.25) is 0 Å². The fraction of sp³-hybridized carbons (Fsp3) is 1.00. The Bertz CT molecular complexity index is 270. The minimum absolute atomic E-state index is 2.08. The fourth-order valence-corrected chi connectivity index (χ4v) is 0.862. The van der Waals surface area contributed by atoms with Crippen LogP contribution < -0.4 is 0 Å². The van der Waals surface area contributed by atoms with E-state index in [0.29, 0.717) is 0 Å². The van der Waals surface area contributed by atoms with Crippen LogP contribution in [0.5, 0.6) is 0 Å². The summed E-state index contributed by atoms with van der Waals surface area (Å²) in [4.78, 5) is -2.94. The van der Waals surface area contributed by atoms with Gasteiger partial charge in [-0.25, -0.2) is 4.74 Å². The quantitative estimate of drug-likeness (QED) is 0.483. The van der Waals surface area contributed by atoms with E-state index < -0.39 is 29.6 Å². The Hall–Kier alpha value is -0.710. The van der Waals surface area contributed by atoms with E-state index in [1.54, 1.807) is 0 Å². The molecule has 0 aromatic rings. The largest absolute Gasteiger partial charge is 0.471 e. The lowest BCUT2D eigenvalue weighted by atomic mass is 10.5. The molecule has 0 bridgehead atoms. The van der Waals surface area contributed by atoms with Crippen molar-refractivity contribution in [1.29, 1.82) is 0 Å². The van der Waals surface area contributed by atoms with E-state index in [4.69, 9.17) is 0 Å². The molecule has 0 atom stereocenters. The normalized spacial score (nSPS) is 29.4. The monoisotopic (exact) mass is 249 g/mol. The first-order chi connectivity index (χ1) is 6.32. The number of hydrogen-bond donors (Lipinski definition) is 0. The zero-order valence-electron chi connectivity index (χ0n) is 6.26. The number of alkyl halides is 9. The lowest BCUT2D eigenvalue weighted by Gasteiger charge is -2.26. The van der Waals surface area contributed by atoms with Crippen molar-refractivity contribution in [2.45, 2.75) is 24.7 Å². The molecule has 90 valence electrons. The first-order valence-electron chi connectivity index (χ1n) is 3.03. The van der Waals surface area contributed by atoms with Gasteiger partial charge in [-0.1, -0.05) is 4.90 Å². The smallest absolute Gasteiger partial charge is 0.235 e. The minimum Gasteiger partial charge on any atom is -0.235 e. The summed E-state index contributed by atoms with van der Waals surface area (Å²) in [6, 6.07) is -6.17. The van der Waals surface area contributed by atoms with Gasteiger partial charge in [-0.3, -0.25) is 0 Å². The van der Waals surface area contributed by atoms with Crippen LogP contribution in [0.25, 0.3) is 0 Å². The molecule has 0 aromatic heterocycles. The van der Waals surface area contributed by atoms with E-state index >= 15 is 0 Å². The van der Waals surface area contributed by atoms with Gasteiger partial charge >= 0.3 is 24.7 Å². The van der Waals surface area contributed by atoms with Gasteiger partial charge in [0, 0.05) is 0 Å². The molecule has 0 spiro atoms. The molecule has 0 aliphatic carbocycles. The molecule has 15 heavy (non-hydrogen) atoms. The molecule has 1 aliphatic heterocycles. The molecule has 0 radical (unpaired) electrons. The molecular weight excluding hydrogens is 249 g/mol. The van der Waals surface area contributed by atoms with Gasteiger partial charge in [0.15, 0.2) is 0 Å². The van der Waals surface area contributed by atoms with E-state index in [2.05, 4.69) is 4.74 Å². The Balaban J connectivity index is 3.25. The molecule has 0 unspecified atom stereocenters. The third-order valence-electron chi connectivity index (χ3n) is 1.40. The highest BCUT2D eigenvalue weighted by molar-refractivity contribution is 4.89. The maximum atomic E-state index is 12.2. The Labute approximate surface area is 75.2 Å². The molecule has 0 N–H and O–H groups in total. The van der Waals surface area contributed by atoms with Crippen LogP contribution in [0.3, 0.4) is 0 Å². The van der Waals surface area contributed by atoms with Crippen LogP contribution in [0.2, 0.25) is 0 Å². The predicted molar refractivity (Wildman–Crippen MR) is 23.8 cm³/mol. The zero-order valence-corrected chi connectivity index (χ0v) is 6.26. The second-order valence-corrected chi connectivity index (χ2v) is 2.45. The van der Waals surface area contributed by atoms with Crippen LogP contribution in [-0.2, 0) is 4.74 Å². The number of hydrogen-bond acceptors (Lipinski definition) is 2. The van der Waals surface area contributed by atoms with E-state index in [1.165, 1.54) is 0 Å². The number of nitrogens with zero attached hydrogens (tertiary/aromatic N) is 1. The number of ether oxygens (including phenoxy) is 1. The predicted octanol–water partition coefficient (Wildman–Crippen LogP) is 2.57. The zero-order chi connectivity index (χ0) is 12.3. The fourth-order valence-electron chi connectivity index (χ4n) is 0.862. The second-order valence-electron chi connectivity index (χ2n) is 2.45. The summed E-state index contributed by atoms with van der Waals surface area (Å²) >= 11 is 0. The van der Waals surface area contributed by atoms with Crippen LogP contribution in [0.15, 0.2) is 0 Å². The summed E-state index contributed by atoms with van der Waals surface area (Å²) in [5.74, 6) is 0. The number of rotatable bonds is 0. The van der Waals surface area contributed by atoms with Crippen molar-refractivity contribution in [3.05, 3.63) is 0 Å². The molecular formula is C4F9NO. The van der Waals surface area contributed by atoms with Crippen molar-refractivity contribution in [3.8, 4) is 0 Å². The van der Waals surface area contributed by atoms with E-state index in [9.17, 15) is 39.5 Å². The third-order valence-corrected chi connectivity index (χ3v) is 1.40. The summed E-state index contributed by atoms with van der Waals surface area (Å²) in [6.07, 6.45) is -18.1. The average molecular weight is 249 g/mol. The molecule has 1 fully saturated rings. The van der Waals surface area contributed by atoms with Gasteiger partial charge in [0.25, 0.3) is 0 Å². The summed E-state index contributed by atoms with van der Waals surface area (Å²) < 4.78 is 110. The van der Waals surface area contributed by atoms with E-state index in [0.717, 1.165) is 0 Å². The molecule has 1 heterocycles. The Kier molecular flexibility index (Phi) is 2.22. The topological polar surface area (TPSA) is 12.5 Å². The van der Waals surface area contributed by atoms with Crippen molar-refractivity contribution >= 4 is 0 Å². The maximum Gasteiger partial charge on any atom is 0.471 e. The standard InChI is InChI=1S/C4F9NO/c5-1(6)2(7,8)15-4(12,13)14(1)3(9,10)11. The lowest BCUT2D eigenvalue weighted by molar-refractivity contribution is -0.412. The van der Waals surface area contributed by atoms with Crippen LogP contribution in [0, 0.1) is 0 Å². The Morgan fingerprint density at radius 1 is 0.867 bits per heavy atom. The van der Waals surface area contributed by atoms with Crippen LogP contribution in [0.1, 0.15) is 0 Å². The molecule has 1 rings (SSSR count). The molecule has 2 nitrogen and oxygen atoms in total. The summed E-state index contributed by atoms with van der Waals surface area (Å²) in [5.41, 5.74) is 0. The second kappa shape index (κ2) is 2.70. The van der Waals surface area contributed by atoms with Crippen LogP contribution >= 0.6 is 0 Å². The highest BCUT2D eigenvalue weighted by Gasteiger charge is 2.84. The molecule has 0 saturated carbocycles. The van der Waals surface area contributed by atoms with Crippen LogP contribution in [-0.4, -0.2) is 29.6 Å². The van der Waals surface area contributed by atoms with Crippen molar-refractivity contribution in [2.24, 2.45) is 0 Å². The number of halogens is 9. The van der Waals surface area contributed by atoms with Gasteiger partial charge in [-0.05, 0) is 0 Å². The molecule has 0 amide bonds. The van der Waals surface area contributed by atoms with Gasteiger partial charge < -0.3 is 0 Å². The average Bonchev–Trinajstić information content (AvgIpc) is 1.87. The van der Waals surface area contributed by atoms with Gasteiger partial charge in [-0.15, -0.1) is 0 Å². The van der Waals surface area contributed by atoms with E-state index in [-0.39, 0.29) is 0 Å². The molecule has 1 saturated heterocycles. The summed E-state index contributed by atoms with van der Waals surface area (Å²) in [7, 11) is 0. The first kappa shape index (κ1) is 12.4. The lowest BCUT2D eigenvalue weighted by Crippen LogP contribution is -2.56. The van der Waals surface area contributed by atoms with Gasteiger partial charge in [-0.2, -0.15) is 39.5 Å². The van der Waals surface area contributed by atoms with Crippen molar-refractivity contribution in [2.75, 3.05) is 0 Å². The summed E-state index contributed by atoms with van der Waals surface area (Å²) in [6.45, 7) is 0. The van der Waals surface area contributed by atoms with Crippen molar-refractivity contribution in [1.82, 2.24) is 4.90 Å².